The first-order chi connectivity index (χ1) is 9.93. The van der Waals surface area contributed by atoms with Crippen LogP contribution < -0.4 is 4.74 Å². The van der Waals surface area contributed by atoms with Gasteiger partial charge in [0.15, 0.2) is 0 Å². The summed E-state index contributed by atoms with van der Waals surface area (Å²) >= 11 is 0. The molecule has 0 aromatic heterocycles. The van der Waals surface area contributed by atoms with Crippen LogP contribution in [0.5, 0.6) is 5.75 Å². The number of hydrogen-bond donors (Lipinski definition) is 0. The summed E-state index contributed by atoms with van der Waals surface area (Å²) in [5, 5.41) is 0. The Hall–Kier alpha value is -1.11. The minimum atomic E-state index is -3.42. The van der Waals surface area contributed by atoms with Gasteiger partial charge in [0.05, 0.1) is 12.0 Å². The molecule has 0 saturated carbocycles. The molecule has 0 atom stereocenters. The van der Waals surface area contributed by atoms with E-state index in [9.17, 15) is 8.42 Å². The predicted octanol–water partition coefficient (Wildman–Crippen LogP) is 1.66. The molecular formula is C15H24N2O3S. The van der Waals surface area contributed by atoms with Crippen molar-refractivity contribution in [2.24, 2.45) is 5.92 Å². The molecule has 0 spiro atoms. The van der Waals surface area contributed by atoms with Crippen molar-refractivity contribution in [1.82, 2.24) is 9.21 Å². The maximum absolute atomic E-state index is 12.6. The molecular weight excluding hydrogens is 288 g/mol. The molecule has 1 aromatic carbocycles. The molecule has 0 amide bonds. The van der Waals surface area contributed by atoms with Gasteiger partial charge in [0, 0.05) is 38.8 Å². The number of rotatable bonds is 5. The van der Waals surface area contributed by atoms with E-state index in [1.165, 1.54) is 7.11 Å². The molecule has 0 aliphatic carbocycles. The Morgan fingerprint density at radius 3 is 2.43 bits per heavy atom. The lowest BCUT2D eigenvalue weighted by Gasteiger charge is -2.34. The molecule has 1 aliphatic rings. The molecule has 0 bridgehead atoms. The zero-order valence-corrected chi connectivity index (χ0v) is 13.8. The van der Waals surface area contributed by atoms with E-state index in [1.807, 2.05) is 0 Å². The summed E-state index contributed by atoms with van der Waals surface area (Å²) in [6.45, 7) is 8.06. The molecule has 6 heteroatoms. The van der Waals surface area contributed by atoms with Gasteiger partial charge >= 0.3 is 0 Å². The van der Waals surface area contributed by atoms with E-state index < -0.39 is 10.0 Å². The Labute approximate surface area is 127 Å². The first-order valence-electron chi connectivity index (χ1n) is 7.30. The van der Waals surface area contributed by atoms with Crippen molar-refractivity contribution >= 4 is 10.0 Å². The van der Waals surface area contributed by atoms with Crippen molar-refractivity contribution in [1.29, 1.82) is 0 Å². The maximum Gasteiger partial charge on any atom is 0.243 e. The number of hydrogen-bond acceptors (Lipinski definition) is 4. The van der Waals surface area contributed by atoms with E-state index in [2.05, 4.69) is 18.7 Å². The lowest BCUT2D eigenvalue weighted by atomic mass is 10.2. The van der Waals surface area contributed by atoms with E-state index in [-0.39, 0.29) is 0 Å². The third-order valence-electron chi connectivity index (χ3n) is 3.63. The number of methoxy groups -OCH3 is 1. The van der Waals surface area contributed by atoms with Gasteiger partial charge in [-0.15, -0.1) is 0 Å². The second-order valence-electron chi connectivity index (χ2n) is 5.78. The Kier molecular flexibility index (Phi) is 5.24. The summed E-state index contributed by atoms with van der Waals surface area (Å²) in [6, 6.07) is 6.66. The topological polar surface area (TPSA) is 49.9 Å². The first kappa shape index (κ1) is 16.3. The van der Waals surface area contributed by atoms with Crippen molar-refractivity contribution in [3.05, 3.63) is 24.3 Å². The normalized spacial score (nSPS) is 18.1. The maximum atomic E-state index is 12.6. The summed E-state index contributed by atoms with van der Waals surface area (Å²) in [7, 11) is -1.88. The van der Waals surface area contributed by atoms with E-state index >= 15 is 0 Å². The van der Waals surface area contributed by atoms with Crippen LogP contribution in [0, 0.1) is 5.92 Å². The van der Waals surface area contributed by atoms with E-state index in [0.717, 1.165) is 19.6 Å². The number of benzene rings is 1. The van der Waals surface area contributed by atoms with Gasteiger partial charge in [-0.05, 0) is 18.1 Å². The predicted molar refractivity (Wildman–Crippen MR) is 83.0 cm³/mol. The molecule has 2 rings (SSSR count). The number of nitrogens with zero attached hydrogens (tertiary/aromatic N) is 2. The summed E-state index contributed by atoms with van der Waals surface area (Å²) in [4.78, 5) is 2.63. The highest BCUT2D eigenvalue weighted by Gasteiger charge is 2.28. The van der Waals surface area contributed by atoms with Gasteiger partial charge in [0.25, 0.3) is 0 Å². The van der Waals surface area contributed by atoms with Crippen LogP contribution in [0.2, 0.25) is 0 Å². The molecule has 1 aromatic rings. The zero-order chi connectivity index (χ0) is 15.5. The van der Waals surface area contributed by atoms with Gasteiger partial charge in [-0.3, -0.25) is 0 Å². The fourth-order valence-corrected chi connectivity index (χ4v) is 4.04. The number of piperazine rings is 1. The van der Waals surface area contributed by atoms with Crippen molar-refractivity contribution in [2.75, 3.05) is 39.8 Å². The third-order valence-corrected chi connectivity index (χ3v) is 5.53. The first-order valence-corrected chi connectivity index (χ1v) is 8.74. The molecule has 0 radical (unpaired) electrons. The van der Waals surface area contributed by atoms with Crippen LogP contribution in [0.25, 0.3) is 0 Å². The second-order valence-corrected chi connectivity index (χ2v) is 7.72. The highest BCUT2D eigenvalue weighted by molar-refractivity contribution is 7.89. The Morgan fingerprint density at radius 1 is 1.19 bits per heavy atom. The lowest BCUT2D eigenvalue weighted by molar-refractivity contribution is 0.172. The molecule has 1 heterocycles. The van der Waals surface area contributed by atoms with Gasteiger partial charge in [-0.1, -0.05) is 19.9 Å². The van der Waals surface area contributed by atoms with Crippen LogP contribution in [0.15, 0.2) is 29.2 Å². The van der Waals surface area contributed by atoms with Crippen LogP contribution in [0.4, 0.5) is 0 Å². The smallest absolute Gasteiger partial charge is 0.243 e. The molecule has 118 valence electrons. The Bertz CT molecular complexity index is 564. The summed E-state index contributed by atoms with van der Waals surface area (Å²) in [5.74, 6) is 1.17. The van der Waals surface area contributed by atoms with Crippen LogP contribution in [0.3, 0.4) is 0 Å². The van der Waals surface area contributed by atoms with E-state index in [1.54, 1.807) is 28.6 Å². The Morgan fingerprint density at radius 2 is 1.86 bits per heavy atom. The summed E-state index contributed by atoms with van der Waals surface area (Å²) < 4.78 is 31.9. The third kappa shape index (κ3) is 3.96. The fourth-order valence-electron chi connectivity index (χ4n) is 2.58. The molecule has 21 heavy (non-hydrogen) atoms. The molecule has 0 unspecified atom stereocenters. The SMILES string of the molecule is COc1cccc(S(=O)(=O)N2CCN(CC(C)C)CC2)c1. The minimum absolute atomic E-state index is 0.305. The molecule has 1 aliphatic heterocycles. The van der Waals surface area contributed by atoms with Crippen LogP contribution in [-0.4, -0.2) is 57.5 Å². The number of ether oxygens (including phenoxy) is 1. The van der Waals surface area contributed by atoms with Gasteiger partial charge in [0.1, 0.15) is 5.75 Å². The Balaban J connectivity index is 2.07. The quantitative estimate of drug-likeness (QED) is 0.830. The molecule has 1 fully saturated rings. The summed E-state index contributed by atoms with van der Waals surface area (Å²) in [5.41, 5.74) is 0. The number of sulfonamides is 1. The largest absolute Gasteiger partial charge is 0.497 e. The van der Waals surface area contributed by atoms with Gasteiger partial charge in [-0.2, -0.15) is 4.31 Å². The van der Waals surface area contributed by atoms with Gasteiger partial charge in [-0.25, -0.2) is 8.42 Å². The van der Waals surface area contributed by atoms with Crippen LogP contribution in [-0.2, 0) is 10.0 Å². The molecule has 5 nitrogen and oxygen atoms in total. The zero-order valence-electron chi connectivity index (χ0n) is 12.9. The van der Waals surface area contributed by atoms with Crippen molar-refractivity contribution in [3.63, 3.8) is 0 Å². The monoisotopic (exact) mass is 312 g/mol. The van der Waals surface area contributed by atoms with Gasteiger partial charge < -0.3 is 9.64 Å². The van der Waals surface area contributed by atoms with E-state index in [4.69, 9.17) is 4.74 Å². The lowest BCUT2D eigenvalue weighted by Crippen LogP contribution is -2.49. The van der Waals surface area contributed by atoms with E-state index in [0.29, 0.717) is 29.7 Å². The standard InChI is InChI=1S/C15H24N2O3S/c1-13(2)12-16-7-9-17(10-8-16)21(18,19)15-6-4-5-14(11-15)20-3/h4-6,11,13H,7-10,12H2,1-3H3. The van der Waals surface area contributed by atoms with Gasteiger partial charge in [0.2, 0.25) is 10.0 Å². The highest BCUT2D eigenvalue weighted by atomic mass is 32.2. The highest BCUT2D eigenvalue weighted by Crippen LogP contribution is 2.22. The van der Waals surface area contributed by atoms with Crippen molar-refractivity contribution < 1.29 is 13.2 Å². The fraction of sp³-hybridized carbons (Fsp3) is 0.600. The second kappa shape index (κ2) is 6.77. The average molecular weight is 312 g/mol. The molecule has 0 N–H and O–H groups in total. The minimum Gasteiger partial charge on any atom is -0.497 e. The average Bonchev–Trinajstić information content (AvgIpc) is 2.47. The van der Waals surface area contributed by atoms with Crippen LogP contribution in [0.1, 0.15) is 13.8 Å². The van der Waals surface area contributed by atoms with Crippen molar-refractivity contribution in [3.8, 4) is 5.75 Å². The van der Waals surface area contributed by atoms with Crippen molar-refractivity contribution in [2.45, 2.75) is 18.7 Å². The summed E-state index contributed by atoms with van der Waals surface area (Å²) in [6.07, 6.45) is 0. The molecule has 1 saturated heterocycles. The van der Waals surface area contributed by atoms with Crippen LogP contribution >= 0.6 is 0 Å².